The number of nitrogens with one attached hydrogen (secondary N) is 5. The number of aromatic nitrogens is 1. The van der Waals surface area contributed by atoms with Crippen molar-refractivity contribution in [3.05, 3.63) is 76.0 Å². The van der Waals surface area contributed by atoms with Gasteiger partial charge in [0.1, 0.15) is 12.1 Å². The highest BCUT2D eigenvalue weighted by molar-refractivity contribution is 7.80. The molecule has 0 aliphatic rings. The third kappa shape index (κ3) is 13.9. The number of para-hydroxylation sites is 1. The number of likely N-dealkylation sites (N-methyl/N-ethyl adjacent to an activating group) is 1. The smallest absolute Gasteiger partial charge is 0.245 e. The van der Waals surface area contributed by atoms with Crippen LogP contribution in [0, 0.1) is 5.41 Å². The summed E-state index contributed by atoms with van der Waals surface area (Å²) in [5, 5.41) is 18.3. The molecule has 1 heterocycles. The average Bonchev–Trinajstić information content (AvgIpc) is 3.61. The van der Waals surface area contributed by atoms with Crippen molar-refractivity contribution in [2.75, 3.05) is 33.2 Å². The highest BCUT2D eigenvalue weighted by atomic mass is 35.5. The van der Waals surface area contributed by atoms with Gasteiger partial charge in [-0.05, 0) is 106 Å². The fourth-order valence-electron chi connectivity index (χ4n) is 6.39. The molecule has 55 heavy (non-hydrogen) atoms. The van der Waals surface area contributed by atoms with E-state index in [1.165, 1.54) is 11.1 Å². The minimum absolute atomic E-state index is 0.195. The Kier molecular flexibility index (Phi) is 20.2. The minimum atomic E-state index is -0.903. The topological polar surface area (TPSA) is 195 Å². The van der Waals surface area contributed by atoms with Crippen molar-refractivity contribution < 1.29 is 14.4 Å². The third-order valence-electron chi connectivity index (χ3n) is 9.71. The molecule has 1 aromatic heterocycles. The maximum atomic E-state index is 14.5. The number of aryl methyl sites for hydroxylation is 1. The molecule has 0 spiro atoms. The van der Waals surface area contributed by atoms with Gasteiger partial charge in [0, 0.05) is 61.3 Å². The second-order valence-corrected chi connectivity index (χ2v) is 14.4. The summed E-state index contributed by atoms with van der Waals surface area (Å²) in [7, 11) is 1.62. The summed E-state index contributed by atoms with van der Waals surface area (Å²) in [6, 6.07) is 11.3. The fraction of sp³-hybridized carbons (Fsp3) is 0.488. The van der Waals surface area contributed by atoms with Crippen molar-refractivity contribution in [3.63, 3.8) is 0 Å². The van der Waals surface area contributed by atoms with E-state index < -0.39 is 18.1 Å². The second kappa shape index (κ2) is 24.5. The molecule has 0 aliphatic carbocycles. The van der Waals surface area contributed by atoms with Crippen LogP contribution in [0.1, 0.15) is 75.5 Å². The molecule has 0 bridgehead atoms. The lowest BCUT2D eigenvalue weighted by atomic mass is 10.0. The molecule has 300 valence electrons. The van der Waals surface area contributed by atoms with E-state index in [9.17, 15) is 14.4 Å². The van der Waals surface area contributed by atoms with Crippen LogP contribution in [-0.4, -0.2) is 91.4 Å². The highest BCUT2D eigenvalue weighted by Crippen LogP contribution is 2.23. The number of hydrogen-bond acceptors (Lipinski definition) is 9. The summed E-state index contributed by atoms with van der Waals surface area (Å²) >= 11 is 11.3. The van der Waals surface area contributed by atoms with E-state index in [0.29, 0.717) is 82.6 Å². The summed E-state index contributed by atoms with van der Waals surface area (Å²) in [5.74, 6) is -1.05. The first kappa shape index (κ1) is 45.4. The molecule has 2 aromatic carbocycles. The SMILES string of the molecule is CC/N=C\C(Cl)=C(/CC)CNC(=O)[C@H](Cc1c[nH]c2ccccc12)N(C)C(=O)[C@H](CCCCN)NC(=O)[C@H](CCCN)NCc1cccc(CCC=N)c1S. The van der Waals surface area contributed by atoms with Gasteiger partial charge in [0.25, 0.3) is 0 Å². The first-order chi connectivity index (χ1) is 26.6. The number of aromatic amines is 1. The van der Waals surface area contributed by atoms with Crippen LogP contribution in [0.2, 0.25) is 0 Å². The van der Waals surface area contributed by atoms with Crippen LogP contribution in [-0.2, 0) is 33.8 Å². The molecule has 0 saturated carbocycles. The van der Waals surface area contributed by atoms with Gasteiger partial charge in [-0.1, -0.05) is 54.9 Å². The van der Waals surface area contributed by atoms with Crippen molar-refractivity contribution in [2.45, 2.75) is 101 Å². The molecular weight excluding hydrogens is 734 g/mol. The Morgan fingerprint density at radius 2 is 1.71 bits per heavy atom. The van der Waals surface area contributed by atoms with Gasteiger partial charge in [-0.3, -0.25) is 19.4 Å². The van der Waals surface area contributed by atoms with Crippen LogP contribution in [0.5, 0.6) is 0 Å². The minimum Gasteiger partial charge on any atom is -0.361 e. The number of halogens is 1. The molecule has 0 fully saturated rings. The summed E-state index contributed by atoms with van der Waals surface area (Å²) in [5.41, 5.74) is 16.3. The Morgan fingerprint density at radius 1 is 0.982 bits per heavy atom. The van der Waals surface area contributed by atoms with E-state index >= 15 is 0 Å². The van der Waals surface area contributed by atoms with Crippen molar-refractivity contribution in [1.29, 1.82) is 5.41 Å². The number of allylic oxidation sites excluding steroid dienone is 1. The zero-order valence-corrected chi connectivity index (χ0v) is 34.2. The Bertz CT molecular complexity index is 1760. The molecule has 3 amide bonds. The van der Waals surface area contributed by atoms with Gasteiger partial charge in [0.2, 0.25) is 17.7 Å². The van der Waals surface area contributed by atoms with Gasteiger partial charge in [-0.15, -0.1) is 12.6 Å². The largest absolute Gasteiger partial charge is 0.361 e. The van der Waals surface area contributed by atoms with Crippen LogP contribution in [0.15, 0.2) is 69.2 Å². The number of aliphatic imine (C=N–C) groups is 1. The molecule has 0 radical (unpaired) electrons. The monoisotopic (exact) mass is 793 g/mol. The molecule has 0 saturated heterocycles. The predicted octanol–water partition coefficient (Wildman–Crippen LogP) is 5.03. The normalized spacial score (nSPS) is 13.7. The van der Waals surface area contributed by atoms with E-state index in [0.717, 1.165) is 38.1 Å². The predicted molar refractivity (Wildman–Crippen MR) is 228 cm³/mol. The number of carbonyl (C=O) groups excluding carboxylic acids is 3. The standard InChI is InChI=1S/C41H60ClN9O3S/c1-4-28(33(42)27-46-5-2)24-49-40(53)37(23-31-26-47-34-17-7-6-16-32(31)34)51(3)41(54)36(18-8-9-20-43)50-39(52)35(19-12-22-45)48-25-30-14-10-13-29(38(30)55)15-11-21-44/h6-7,10,13-14,16-17,21,26-27,35-37,44,47-48,55H,4-5,8-9,11-12,15,18-20,22-25,43,45H2,1-3H3,(H,49,53)(H,50,52)/b33-28-,44-21?,46-27-/t35-,36-,37-/m0/s1. The number of carbonyl (C=O) groups is 3. The first-order valence-electron chi connectivity index (χ1n) is 19.3. The number of hydrogen-bond donors (Lipinski definition) is 8. The maximum absolute atomic E-state index is 14.5. The molecule has 3 atom stereocenters. The molecule has 12 nitrogen and oxygen atoms in total. The second-order valence-electron chi connectivity index (χ2n) is 13.6. The molecular formula is C41H60ClN9O3S. The van der Waals surface area contributed by atoms with Crippen LogP contribution < -0.4 is 27.4 Å². The van der Waals surface area contributed by atoms with Crippen LogP contribution in [0.4, 0.5) is 0 Å². The van der Waals surface area contributed by atoms with Crippen molar-refractivity contribution in [1.82, 2.24) is 25.8 Å². The van der Waals surface area contributed by atoms with E-state index in [1.807, 2.05) is 62.5 Å². The number of H-pyrrole nitrogens is 1. The van der Waals surface area contributed by atoms with Crippen LogP contribution >= 0.6 is 24.2 Å². The Labute approximate surface area is 336 Å². The average molecular weight is 795 g/mol. The number of thiol groups is 1. The lowest BCUT2D eigenvalue weighted by Gasteiger charge is -2.32. The van der Waals surface area contributed by atoms with Gasteiger partial charge in [-0.25, -0.2) is 0 Å². The van der Waals surface area contributed by atoms with Crippen molar-refractivity contribution in [2.24, 2.45) is 16.5 Å². The van der Waals surface area contributed by atoms with E-state index in [1.54, 1.807) is 13.3 Å². The zero-order valence-electron chi connectivity index (χ0n) is 32.5. The Morgan fingerprint density at radius 3 is 2.42 bits per heavy atom. The number of nitrogens with two attached hydrogens (primary N) is 2. The number of rotatable bonds is 25. The van der Waals surface area contributed by atoms with Gasteiger partial charge in [-0.2, -0.15) is 0 Å². The summed E-state index contributed by atoms with van der Waals surface area (Å²) in [6.07, 6.45) is 9.70. The van der Waals surface area contributed by atoms with Crippen LogP contribution in [0.3, 0.4) is 0 Å². The van der Waals surface area contributed by atoms with E-state index in [-0.39, 0.29) is 30.7 Å². The summed E-state index contributed by atoms with van der Waals surface area (Å²) in [4.78, 5) is 52.4. The summed E-state index contributed by atoms with van der Waals surface area (Å²) in [6.45, 7) is 5.88. The van der Waals surface area contributed by atoms with Gasteiger partial charge in [0.15, 0.2) is 0 Å². The highest BCUT2D eigenvalue weighted by Gasteiger charge is 2.34. The van der Waals surface area contributed by atoms with Crippen LogP contribution in [0.25, 0.3) is 10.9 Å². The number of benzene rings is 2. The van der Waals surface area contributed by atoms with Gasteiger partial charge in [0.05, 0.1) is 11.1 Å². The number of amides is 3. The molecule has 0 aliphatic heterocycles. The van der Waals surface area contributed by atoms with E-state index in [4.69, 9.17) is 41.1 Å². The van der Waals surface area contributed by atoms with Gasteiger partial charge >= 0.3 is 0 Å². The number of fused-ring (bicyclic) bond motifs is 1. The molecule has 14 heteroatoms. The lowest BCUT2D eigenvalue weighted by molar-refractivity contribution is -0.142. The van der Waals surface area contributed by atoms with E-state index in [2.05, 4.69) is 25.9 Å². The van der Waals surface area contributed by atoms with Crippen molar-refractivity contribution >= 4 is 65.3 Å². The summed E-state index contributed by atoms with van der Waals surface area (Å²) < 4.78 is 0. The Balaban J connectivity index is 1.89. The molecule has 3 aromatic rings. The molecule has 0 unspecified atom stereocenters. The fourth-order valence-corrected chi connectivity index (χ4v) is 7.00. The number of nitrogens with zero attached hydrogens (tertiary/aromatic N) is 2. The Hall–Kier alpha value is -4.01. The quantitative estimate of drug-likeness (QED) is 0.0337. The lowest BCUT2D eigenvalue weighted by Crippen LogP contribution is -2.57. The zero-order chi connectivity index (χ0) is 40.2. The first-order valence-corrected chi connectivity index (χ1v) is 20.1. The van der Waals surface area contributed by atoms with Crippen molar-refractivity contribution in [3.8, 4) is 0 Å². The third-order valence-corrected chi connectivity index (χ3v) is 10.6. The molecule has 9 N–H and O–H groups in total. The molecule has 3 rings (SSSR count). The maximum Gasteiger partial charge on any atom is 0.245 e. The van der Waals surface area contributed by atoms with Gasteiger partial charge < -0.3 is 42.7 Å². The number of unbranched alkanes of at least 4 members (excludes halogenated alkanes) is 1.